The molecule has 0 spiro atoms. The van der Waals surface area contributed by atoms with Gasteiger partial charge in [0.05, 0.1) is 17.4 Å². The number of benzene rings is 1. The van der Waals surface area contributed by atoms with E-state index >= 15 is 0 Å². The molecule has 1 aliphatic rings. The average molecular weight is 272 g/mol. The van der Waals surface area contributed by atoms with Gasteiger partial charge in [0.25, 0.3) is 7.41 Å². The van der Waals surface area contributed by atoms with E-state index in [1.807, 2.05) is 52.0 Å². The molecule has 1 aromatic carbocycles. The Morgan fingerprint density at radius 3 is 2.20 bits per heavy atom. The van der Waals surface area contributed by atoms with Crippen molar-refractivity contribution in [2.45, 2.75) is 45.4 Å². The summed E-state index contributed by atoms with van der Waals surface area (Å²) in [6.07, 6.45) is 0.735. The van der Waals surface area contributed by atoms with Crippen LogP contribution in [0.3, 0.4) is 0 Å². The summed E-state index contributed by atoms with van der Waals surface area (Å²) < 4.78 is 12.0. The molecule has 0 atom stereocenters. The van der Waals surface area contributed by atoms with Gasteiger partial charge in [-0.05, 0) is 38.7 Å². The molecule has 1 fully saturated rings. The van der Waals surface area contributed by atoms with E-state index in [1.165, 1.54) is 7.41 Å². The van der Waals surface area contributed by atoms with Crippen LogP contribution in [0.4, 0.5) is 0 Å². The van der Waals surface area contributed by atoms with Crippen LogP contribution in [0.2, 0.25) is 0 Å². The van der Waals surface area contributed by atoms with Gasteiger partial charge in [-0.15, -0.1) is 0 Å². The van der Waals surface area contributed by atoms with Crippen molar-refractivity contribution in [2.75, 3.05) is 0 Å². The Bertz CT molecular complexity index is 458. The number of hydrogen-bond donors (Lipinski definition) is 1. The van der Waals surface area contributed by atoms with Crippen molar-refractivity contribution in [3.8, 4) is 0 Å². The smallest absolute Gasteiger partial charge is 0.399 e. The lowest BCUT2D eigenvalue weighted by Crippen LogP contribution is -2.41. The largest absolute Gasteiger partial charge is 0.494 e. The van der Waals surface area contributed by atoms with Gasteiger partial charge in [0.15, 0.2) is 0 Å². The van der Waals surface area contributed by atoms with Crippen molar-refractivity contribution in [2.24, 2.45) is 0 Å². The number of carbonyl (C=O) groups excluding carboxylic acids is 1. The number of rotatable bonds is 5. The van der Waals surface area contributed by atoms with E-state index in [9.17, 15) is 4.79 Å². The van der Waals surface area contributed by atoms with Gasteiger partial charge in [-0.3, -0.25) is 0 Å². The lowest BCUT2D eigenvalue weighted by atomic mass is 9.79. The second-order valence-electron chi connectivity index (χ2n) is 6.01. The van der Waals surface area contributed by atoms with Gasteiger partial charge in [0.1, 0.15) is 0 Å². The summed E-state index contributed by atoms with van der Waals surface area (Å²) >= 11 is 0. The molecule has 6 heteroatoms. The fourth-order valence-corrected chi connectivity index (χ4v) is 2.00. The summed E-state index contributed by atoms with van der Waals surface area (Å²) in [5.41, 5.74) is 1.46. The lowest BCUT2D eigenvalue weighted by Gasteiger charge is -2.32. The van der Waals surface area contributed by atoms with Crippen LogP contribution in [0.15, 0.2) is 24.3 Å². The fourth-order valence-electron chi connectivity index (χ4n) is 2.00. The molecule has 4 nitrogen and oxygen atoms in total. The predicted octanol–water partition coefficient (Wildman–Crippen LogP) is 0.885. The SMILES string of the molecule is CC1(C)OB(c2ccc(CN[B]C=O)cc2)OC1(C)C. The van der Waals surface area contributed by atoms with Gasteiger partial charge in [-0.25, -0.2) is 0 Å². The van der Waals surface area contributed by atoms with E-state index in [1.54, 1.807) is 0 Å². The molecule has 2 rings (SSSR count). The molecule has 1 saturated heterocycles. The Hall–Kier alpha value is -1.10. The molecule has 0 aromatic heterocycles. The standard InChI is InChI=1S/C14H20B2NO3/c1-13(2)14(3,4)20-16(19-13)12-7-5-11(6-8-12)9-17-15-10-18/h5-8,10,17H,9H2,1-4H3. The molecule has 1 radical (unpaired) electrons. The minimum absolute atomic E-state index is 0.323. The zero-order valence-electron chi connectivity index (χ0n) is 12.5. The normalized spacial score (nSPS) is 19.9. The summed E-state index contributed by atoms with van der Waals surface area (Å²) in [6.45, 7) is 8.80. The Balaban J connectivity index is 2.03. The van der Waals surface area contributed by atoms with Crippen LogP contribution in [0.5, 0.6) is 0 Å². The minimum atomic E-state index is -0.330. The molecule has 0 saturated carbocycles. The van der Waals surface area contributed by atoms with Gasteiger partial charge >= 0.3 is 7.12 Å². The molecular weight excluding hydrogens is 252 g/mol. The Morgan fingerprint density at radius 1 is 1.15 bits per heavy atom. The summed E-state index contributed by atoms with van der Waals surface area (Å²) in [4.78, 5) is 10.2. The highest BCUT2D eigenvalue weighted by Gasteiger charge is 2.51. The molecule has 0 bridgehead atoms. The number of nitrogens with one attached hydrogen (secondary N) is 1. The van der Waals surface area contributed by atoms with E-state index in [0.29, 0.717) is 6.54 Å². The third-order valence-electron chi connectivity index (χ3n) is 4.00. The molecule has 1 N–H and O–H groups in total. The van der Waals surface area contributed by atoms with Crippen LogP contribution in [0.1, 0.15) is 33.3 Å². The van der Waals surface area contributed by atoms with Crippen molar-refractivity contribution in [1.82, 2.24) is 5.23 Å². The maximum atomic E-state index is 10.2. The second-order valence-corrected chi connectivity index (χ2v) is 6.01. The van der Waals surface area contributed by atoms with Crippen molar-refractivity contribution in [1.29, 1.82) is 0 Å². The summed E-state index contributed by atoms with van der Waals surface area (Å²) in [7, 11) is 1.06. The van der Waals surface area contributed by atoms with Crippen LogP contribution in [0.25, 0.3) is 0 Å². The molecule has 1 aliphatic heterocycles. The molecule has 0 aliphatic carbocycles. The topological polar surface area (TPSA) is 47.6 Å². The van der Waals surface area contributed by atoms with Crippen LogP contribution >= 0.6 is 0 Å². The van der Waals surface area contributed by atoms with Gasteiger partial charge in [0, 0.05) is 6.54 Å². The van der Waals surface area contributed by atoms with E-state index in [4.69, 9.17) is 9.31 Å². The first kappa shape index (κ1) is 15.3. The van der Waals surface area contributed by atoms with Crippen LogP contribution < -0.4 is 10.7 Å². The maximum Gasteiger partial charge on any atom is 0.494 e. The van der Waals surface area contributed by atoms with Crippen molar-refractivity contribution in [3.63, 3.8) is 0 Å². The molecule has 1 heterocycles. The third-order valence-corrected chi connectivity index (χ3v) is 4.00. The van der Waals surface area contributed by atoms with Crippen LogP contribution in [0, 0.1) is 0 Å². The maximum absolute atomic E-state index is 10.2. The van der Waals surface area contributed by atoms with Crippen molar-refractivity contribution < 1.29 is 14.1 Å². The number of hydrogen-bond acceptors (Lipinski definition) is 4. The van der Waals surface area contributed by atoms with Crippen molar-refractivity contribution in [3.05, 3.63) is 29.8 Å². The van der Waals surface area contributed by atoms with Gasteiger partial charge in [0.2, 0.25) is 0 Å². The number of carbonyl (C=O) groups is 1. The summed E-state index contributed by atoms with van der Waals surface area (Å²) in [5.74, 6) is 0. The summed E-state index contributed by atoms with van der Waals surface area (Å²) in [6, 6.07) is 8.01. The van der Waals surface area contributed by atoms with Crippen LogP contribution in [-0.2, 0) is 20.6 Å². The van der Waals surface area contributed by atoms with Crippen LogP contribution in [-0.4, -0.2) is 31.9 Å². The van der Waals surface area contributed by atoms with Gasteiger partial charge < -0.3 is 19.3 Å². The lowest BCUT2D eigenvalue weighted by molar-refractivity contribution is 0.00578. The highest BCUT2D eigenvalue weighted by molar-refractivity contribution is 6.64. The second kappa shape index (κ2) is 5.72. The van der Waals surface area contributed by atoms with Crippen molar-refractivity contribution >= 4 is 26.2 Å². The Morgan fingerprint density at radius 2 is 1.70 bits per heavy atom. The molecular formula is C14H20B2NO3. The fraction of sp³-hybridized carbons (Fsp3) is 0.500. The monoisotopic (exact) mass is 272 g/mol. The first-order chi connectivity index (χ1) is 9.36. The first-order valence-electron chi connectivity index (χ1n) is 6.80. The highest BCUT2D eigenvalue weighted by Crippen LogP contribution is 2.36. The predicted molar refractivity (Wildman–Crippen MR) is 81.5 cm³/mol. The van der Waals surface area contributed by atoms with E-state index in [0.717, 1.165) is 17.2 Å². The molecule has 105 valence electrons. The van der Waals surface area contributed by atoms with Gasteiger partial charge in [-0.1, -0.05) is 24.3 Å². The third kappa shape index (κ3) is 3.14. The zero-order valence-corrected chi connectivity index (χ0v) is 12.5. The molecule has 0 unspecified atom stereocenters. The highest BCUT2D eigenvalue weighted by atomic mass is 16.7. The van der Waals surface area contributed by atoms with E-state index in [-0.39, 0.29) is 18.3 Å². The average Bonchev–Trinajstić information content (AvgIpc) is 2.60. The minimum Gasteiger partial charge on any atom is -0.399 e. The van der Waals surface area contributed by atoms with Gasteiger partial charge in [-0.2, -0.15) is 0 Å². The Labute approximate surface area is 121 Å². The quantitative estimate of drug-likeness (QED) is 0.491. The first-order valence-corrected chi connectivity index (χ1v) is 6.80. The molecule has 1 aromatic rings. The van der Waals surface area contributed by atoms with E-state index < -0.39 is 0 Å². The van der Waals surface area contributed by atoms with E-state index in [2.05, 4.69) is 5.23 Å². The molecule has 0 amide bonds. The Kier molecular flexibility index (Phi) is 4.37. The zero-order chi connectivity index (χ0) is 14.8. The molecule has 20 heavy (non-hydrogen) atoms. The summed E-state index contributed by atoms with van der Waals surface area (Å²) in [5, 5.41) is 2.91.